The quantitative estimate of drug-likeness (QED) is 0.480. The maximum atomic E-state index is 13.9. The number of pyridine rings is 1. The van der Waals surface area contributed by atoms with Crippen LogP contribution in [0.25, 0.3) is 10.6 Å². The van der Waals surface area contributed by atoms with E-state index >= 15 is 0 Å². The summed E-state index contributed by atoms with van der Waals surface area (Å²) < 4.78 is 19.6. The van der Waals surface area contributed by atoms with Crippen molar-refractivity contribution in [2.75, 3.05) is 5.32 Å². The Bertz CT molecular complexity index is 1130. The zero-order valence-corrected chi connectivity index (χ0v) is 16.0. The van der Waals surface area contributed by atoms with Crippen LogP contribution in [-0.2, 0) is 6.61 Å². The molecule has 0 radical (unpaired) electrons. The lowest BCUT2D eigenvalue weighted by atomic mass is 10.2. The number of benzene rings is 2. The van der Waals surface area contributed by atoms with Gasteiger partial charge in [-0.3, -0.25) is 9.78 Å². The minimum absolute atomic E-state index is 0.313. The van der Waals surface area contributed by atoms with Crippen molar-refractivity contribution >= 4 is 22.9 Å². The number of anilines is 1. The van der Waals surface area contributed by atoms with Gasteiger partial charge in [0.05, 0.1) is 11.9 Å². The third-order valence-electron chi connectivity index (χ3n) is 4.04. The van der Waals surface area contributed by atoms with Gasteiger partial charge in [-0.2, -0.15) is 0 Å². The fourth-order valence-electron chi connectivity index (χ4n) is 2.64. The Balaban J connectivity index is 1.43. The van der Waals surface area contributed by atoms with Gasteiger partial charge < -0.3 is 10.1 Å². The topological polar surface area (TPSA) is 64.1 Å². The van der Waals surface area contributed by atoms with Gasteiger partial charge in [-0.15, -0.1) is 11.3 Å². The van der Waals surface area contributed by atoms with Gasteiger partial charge in [0.15, 0.2) is 0 Å². The van der Waals surface area contributed by atoms with Crippen molar-refractivity contribution in [3.8, 4) is 16.3 Å². The molecular weight excluding hydrogens is 389 g/mol. The molecule has 0 bridgehead atoms. The third kappa shape index (κ3) is 4.64. The molecule has 1 amide bonds. The van der Waals surface area contributed by atoms with Crippen LogP contribution in [0.1, 0.15) is 15.4 Å². The second-order valence-electron chi connectivity index (χ2n) is 6.10. The number of nitrogens with one attached hydrogen (secondary N) is 1. The Hall–Kier alpha value is -3.58. The number of hydrogen-bond acceptors (Lipinski definition) is 5. The van der Waals surface area contributed by atoms with Crippen LogP contribution in [0, 0.1) is 5.82 Å². The van der Waals surface area contributed by atoms with Gasteiger partial charge in [0.2, 0.25) is 0 Å². The molecule has 2 aromatic heterocycles. The summed E-state index contributed by atoms with van der Waals surface area (Å²) >= 11 is 1.14. The summed E-state index contributed by atoms with van der Waals surface area (Å²) in [5, 5.41) is 3.28. The Labute approximate surface area is 170 Å². The van der Waals surface area contributed by atoms with Crippen LogP contribution >= 0.6 is 11.3 Å². The Morgan fingerprint density at radius 2 is 1.90 bits per heavy atom. The van der Waals surface area contributed by atoms with Gasteiger partial charge >= 0.3 is 0 Å². The lowest BCUT2D eigenvalue weighted by molar-refractivity contribution is 0.103. The van der Waals surface area contributed by atoms with Gasteiger partial charge in [-0.25, -0.2) is 9.37 Å². The van der Waals surface area contributed by atoms with Crippen LogP contribution in [0.4, 0.5) is 10.1 Å². The molecule has 0 saturated carbocycles. The molecule has 7 heteroatoms. The Kier molecular flexibility index (Phi) is 5.58. The van der Waals surface area contributed by atoms with E-state index < -0.39 is 0 Å². The first-order valence-electron chi connectivity index (χ1n) is 8.84. The second-order valence-corrected chi connectivity index (χ2v) is 7.13. The van der Waals surface area contributed by atoms with Crippen molar-refractivity contribution in [1.82, 2.24) is 9.97 Å². The molecule has 0 fully saturated rings. The summed E-state index contributed by atoms with van der Waals surface area (Å²) in [6, 6.07) is 19.1. The predicted octanol–water partition coefficient (Wildman–Crippen LogP) is 5.18. The summed E-state index contributed by atoms with van der Waals surface area (Å²) in [7, 11) is 0. The van der Waals surface area contributed by atoms with E-state index in [2.05, 4.69) is 15.3 Å². The highest BCUT2D eigenvalue weighted by Crippen LogP contribution is 2.28. The van der Waals surface area contributed by atoms with Crippen LogP contribution in [0.3, 0.4) is 0 Å². The van der Waals surface area contributed by atoms with E-state index in [-0.39, 0.29) is 11.7 Å². The summed E-state index contributed by atoms with van der Waals surface area (Å²) in [6.45, 7) is 0.332. The summed E-state index contributed by atoms with van der Waals surface area (Å²) in [6.07, 6.45) is 3.16. The zero-order valence-electron chi connectivity index (χ0n) is 15.2. The molecule has 0 aliphatic carbocycles. The molecule has 4 aromatic rings. The molecule has 29 heavy (non-hydrogen) atoms. The van der Waals surface area contributed by atoms with Crippen molar-refractivity contribution in [2.24, 2.45) is 0 Å². The monoisotopic (exact) mass is 405 g/mol. The predicted molar refractivity (Wildman–Crippen MR) is 110 cm³/mol. The van der Waals surface area contributed by atoms with E-state index in [1.807, 2.05) is 24.3 Å². The number of hydrogen-bond donors (Lipinski definition) is 1. The maximum absolute atomic E-state index is 13.9. The van der Waals surface area contributed by atoms with E-state index in [0.29, 0.717) is 33.5 Å². The molecule has 0 unspecified atom stereocenters. The molecule has 0 spiro atoms. The maximum Gasteiger partial charge on any atom is 0.267 e. The average molecular weight is 405 g/mol. The molecule has 5 nitrogen and oxygen atoms in total. The van der Waals surface area contributed by atoms with Crippen molar-refractivity contribution in [2.45, 2.75) is 6.61 Å². The van der Waals surface area contributed by atoms with Crippen LogP contribution in [0.15, 0.2) is 79.1 Å². The minimum Gasteiger partial charge on any atom is -0.487 e. The zero-order chi connectivity index (χ0) is 20.1. The molecule has 1 N–H and O–H groups in total. The van der Waals surface area contributed by atoms with E-state index in [1.165, 1.54) is 12.3 Å². The van der Waals surface area contributed by atoms with Crippen LogP contribution in [0.2, 0.25) is 0 Å². The number of nitrogens with zero attached hydrogens (tertiary/aromatic N) is 2. The molecule has 2 heterocycles. The van der Waals surface area contributed by atoms with Crippen molar-refractivity contribution in [3.63, 3.8) is 0 Å². The first-order valence-corrected chi connectivity index (χ1v) is 9.65. The number of carbonyl (C=O) groups is 1. The number of amides is 1. The molecule has 0 atom stereocenters. The number of rotatable bonds is 6. The number of halogens is 1. The minimum atomic E-state index is -0.369. The first-order chi connectivity index (χ1) is 14.2. The molecular formula is C22H16FN3O2S. The standard InChI is InChI=1S/C22H16FN3O2S/c23-19-10-2-1-9-18(19)22-25-13-20(29-22)21(27)26-15-7-5-8-17(12-15)28-14-16-6-3-4-11-24-16/h1-13H,14H2,(H,26,27). The lowest BCUT2D eigenvalue weighted by Crippen LogP contribution is -2.10. The van der Waals surface area contributed by atoms with Crippen molar-refractivity contribution in [1.29, 1.82) is 0 Å². The highest BCUT2D eigenvalue weighted by molar-refractivity contribution is 7.17. The normalized spacial score (nSPS) is 10.5. The van der Waals surface area contributed by atoms with Gasteiger partial charge in [0.25, 0.3) is 5.91 Å². The number of carbonyl (C=O) groups excluding carboxylic acids is 1. The lowest BCUT2D eigenvalue weighted by Gasteiger charge is -2.08. The van der Waals surface area contributed by atoms with E-state index in [9.17, 15) is 9.18 Å². The van der Waals surface area contributed by atoms with Gasteiger partial charge in [-0.1, -0.05) is 24.3 Å². The molecule has 2 aromatic carbocycles. The van der Waals surface area contributed by atoms with Crippen molar-refractivity contribution in [3.05, 3.63) is 95.5 Å². The largest absolute Gasteiger partial charge is 0.487 e. The fraction of sp³-hybridized carbons (Fsp3) is 0.0455. The second kappa shape index (κ2) is 8.62. The van der Waals surface area contributed by atoms with E-state index in [0.717, 1.165) is 17.0 Å². The van der Waals surface area contributed by atoms with Crippen molar-refractivity contribution < 1.29 is 13.9 Å². The highest BCUT2D eigenvalue weighted by atomic mass is 32.1. The smallest absolute Gasteiger partial charge is 0.267 e. The molecule has 4 rings (SSSR count). The summed E-state index contributed by atoms with van der Waals surface area (Å²) in [5.74, 6) is -0.0664. The molecule has 144 valence electrons. The fourth-order valence-corrected chi connectivity index (χ4v) is 3.47. The van der Waals surface area contributed by atoms with Gasteiger partial charge in [0.1, 0.15) is 28.1 Å². The number of thiazole rings is 1. The molecule has 0 aliphatic heterocycles. The third-order valence-corrected chi connectivity index (χ3v) is 5.07. The van der Waals surface area contributed by atoms with Crippen LogP contribution in [0.5, 0.6) is 5.75 Å². The van der Waals surface area contributed by atoms with E-state index in [1.54, 1.807) is 42.6 Å². The Morgan fingerprint density at radius 1 is 1.03 bits per heavy atom. The molecule has 0 aliphatic rings. The summed E-state index contributed by atoms with van der Waals surface area (Å²) in [5.41, 5.74) is 1.78. The van der Waals surface area contributed by atoms with Crippen LogP contribution in [-0.4, -0.2) is 15.9 Å². The SMILES string of the molecule is O=C(Nc1cccc(OCc2ccccn2)c1)c1cnc(-c2ccccc2F)s1. The van der Waals surface area contributed by atoms with Crippen LogP contribution < -0.4 is 10.1 Å². The first kappa shape index (κ1) is 18.8. The molecule has 0 saturated heterocycles. The number of ether oxygens (including phenoxy) is 1. The summed E-state index contributed by atoms with van der Waals surface area (Å²) in [4.78, 5) is 21.3. The van der Waals surface area contributed by atoms with Gasteiger partial charge in [0, 0.05) is 23.5 Å². The number of aromatic nitrogens is 2. The Morgan fingerprint density at radius 3 is 2.72 bits per heavy atom. The highest BCUT2D eigenvalue weighted by Gasteiger charge is 2.14. The van der Waals surface area contributed by atoms with Gasteiger partial charge in [-0.05, 0) is 36.4 Å². The van der Waals surface area contributed by atoms with E-state index in [4.69, 9.17) is 4.74 Å². The average Bonchev–Trinajstić information content (AvgIpc) is 3.24.